The Hall–Kier alpha value is -0.810. The highest BCUT2D eigenvalue weighted by Crippen LogP contribution is 2.18. The van der Waals surface area contributed by atoms with E-state index in [2.05, 4.69) is 10.1 Å². The molecule has 6 heteroatoms. The van der Waals surface area contributed by atoms with E-state index in [0.29, 0.717) is 13.0 Å². The van der Waals surface area contributed by atoms with Crippen molar-refractivity contribution in [2.45, 2.75) is 24.8 Å². The number of carbonyl (C=O) groups is 2. The van der Waals surface area contributed by atoms with Gasteiger partial charge in [-0.05, 0) is 13.3 Å². The number of ether oxygens (including phenoxy) is 2. The molecule has 1 aliphatic heterocycles. The van der Waals surface area contributed by atoms with Gasteiger partial charge in [0.2, 0.25) is 5.91 Å². The van der Waals surface area contributed by atoms with Crippen LogP contribution in [0.1, 0.15) is 13.3 Å². The van der Waals surface area contributed by atoms with Crippen LogP contribution in [-0.2, 0) is 19.1 Å². The maximum Gasteiger partial charge on any atom is 0.325 e. The Morgan fingerprint density at radius 2 is 2.31 bits per heavy atom. The molecule has 1 saturated heterocycles. The number of methoxy groups -OCH3 is 1. The van der Waals surface area contributed by atoms with Crippen LogP contribution in [-0.4, -0.2) is 43.6 Å². The molecule has 3 atom stereocenters. The van der Waals surface area contributed by atoms with Gasteiger partial charge in [-0.3, -0.25) is 9.59 Å². The zero-order valence-electron chi connectivity index (χ0n) is 9.36. The monoisotopic (exact) mass is 249 g/mol. The van der Waals surface area contributed by atoms with Gasteiger partial charge in [-0.1, -0.05) is 0 Å². The van der Waals surface area contributed by atoms with Crippen molar-refractivity contribution in [3.8, 4) is 0 Å². The Balaban J connectivity index is 2.27. The van der Waals surface area contributed by atoms with Crippen molar-refractivity contribution in [2.24, 2.45) is 5.92 Å². The first-order chi connectivity index (χ1) is 7.54. The minimum Gasteiger partial charge on any atom is -0.468 e. The molecule has 5 nitrogen and oxygen atoms in total. The summed E-state index contributed by atoms with van der Waals surface area (Å²) < 4.78 is 9.72. The average Bonchev–Trinajstić information content (AvgIpc) is 2.71. The fraction of sp³-hybridized carbons (Fsp3) is 0.800. The number of esters is 1. The summed E-state index contributed by atoms with van der Waals surface area (Å²) in [5, 5.41) is 1.77. The van der Waals surface area contributed by atoms with E-state index in [1.54, 1.807) is 0 Å². The fourth-order valence-corrected chi connectivity index (χ4v) is 1.71. The molecule has 0 aliphatic carbocycles. The van der Waals surface area contributed by atoms with Crippen LogP contribution in [0.25, 0.3) is 0 Å². The first kappa shape index (κ1) is 13.3. The van der Waals surface area contributed by atoms with Gasteiger partial charge >= 0.3 is 5.97 Å². The molecule has 1 fully saturated rings. The van der Waals surface area contributed by atoms with E-state index >= 15 is 0 Å². The van der Waals surface area contributed by atoms with Crippen molar-refractivity contribution < 1.29 is 19.1 Å². The summed E-state index contributed by atoms with van der Waals surface area (Å²) in [7, 11) is 1.26. The van der Waals surface area contributed by atoms with Crippen LogP contribution >= 0.6 is 11.6 Å². The van der Waals surface area contributed by atoms with Gasteiger partial charge in [0.25, 0.3) is 0 Å². The molecule has 92 valence electrons. The molecule has 1 heterocycles. The number of nitrogens with one attached hydrogen (secondary N) is 1. The van der Waals surface area contributed by atoms with E-state index in [1.807, 2.05) is 6.92 Å². The molecule has 0 bridgehead atoms. The number of hydrogen-bond donors (Lipinski definition) is 1. The highest BCUT2D eigenvalue weighted by atomic mass is 35.5. The topological polar surface area (TPSA) is 64.6 Å². The van der Waals surface area contributed by atoms with E-state index in [1.165, 1.54) is 7.11 Å². The predicted octanol–water partition coefficient (Wildman–Crippen LogP) is 0.308. The van der Waals surface area contributed by atoms with Crippen LogP contribution in [0.15, 0.2) is 0 Å². The Labute approximate surface area is 99.4 Å². The number of hydrogen-bond acceptors (Lipinski definition) is 4. The Kier molecular flexibility index (Phi) is 5.02. The molecule has 1 amide bonds. The van der Waals surface area contributed by atoms with Crippen LogP contribution < -0.4 is 5.32 Å². The second-order valence-electron chi connectivity index (χ2n) is 3.81. The molecule has 0 saturated carbocycles. The third-order valence-corrected chi connectivity index (χ3v) is 2.81. The van der Waals surface area contributed by atoms with Crippen molar-refractivity contribution in [1.82, 2.24) is 5.32 Å². The maximum atomic E-state index is 11.6. The first-order valence-corrected chi connectivity index (χ1v) is 5.59. The predicted molar refractivity (Wildman–Crippen MR) is 58.2 cm³/mol. The zero-order chi connectivity index (χ0) is 12.1. The lowest BCUT2D eigenvalue weighted by molar-refractivity contribution is -0.140. The number of alkyl halides is 1. The maximum absolute atomic E-state index is 11.6. The highest BCUT2D eigenvalue weighted by molar-refractivity contribution is 6.30. The van der Waals surface area contributed by atoms with Crippen molar-refractivity contribution in [3.05, 3.63) is 0 Å². The van der Waals surface area contributed by atoms with Gasteiger partial charge < -0.3 is 14.8 Å². The summed E-state index contributed by atoms with van der Waals surface area (Å²) in [6, 6.07) is 0. The zero-order valence-corrected chi connectivity index (χ0v) is 10.1. The van der Waals surface area contributed by atoms with Gasteiger partial charge in [-0.15, -0.1) is 11.6 Å². The molecule has 0 aromatic carbocycles. The highest BCUT2D eigenvalue weighted by Gasteiger charge is 2.28. The minimum atomic E-state index is -0.839. The normalized spacial score (nSPS) is 26.2. The molecule has 1 aliphatic rings. The standard InChI is InChI=1S/C10H16ClNO4/c1-6-3-7(5-16-6)9(13)12-4-8(11)10(14)15-2/h6-8H,3-5H2,1-2H3,(H,12,13). The van der Waals surface area contributed by atoms with E-state index in [4.69, 9.17) is 16.3 Å². The van der Waals surface area contributed by atoms with Crippen molar-refractivity contribution >= 4 is 23.5 Å². The SMILES string of the molecule is COC(=O)C(Cl)CNC(=O)C1COC(C)C1. The summed E-state index contributed by atoms with van der Waals surface area (Å²) >= 11 is 5.69. The van der Waals surface area contributed by atoms with Gasteiger partial charge in [0, 0.05) is 6.54 Å². The molecule has 16 heavy (non-hydrogen) atoms. The van der Waals surface area contributed by atoms with Gasteiger partial charge in [-0.25, -0.2) is 0 Å². The molecule has 0 aromatic heterocycles. The van der Waals surface area contributed by atoms with Gasteiger partial charge in [0.15, 0.2) is 0 Å². The molecule has 1 N–H and O–H groups in total. The Morgan fingerprint density at radius 3 is 2.81 bits per heavy atom. The minimum absolute atomic E-state index is 0.0813. The fourth-order valence-electron chi connectivity index (χ4n) is 1.55. The summed E-state index contributed by atoms with van der Waals surface area (Å²) in [5.74, 6) is -0.812. The summed E-state index contributed by atoms with van der Waals surface area (Å²) in [4.78, 5) is 22.6. The third kappa shape index (κ3) is 3.64. The second kappa shape index (κ2) is 6.06. The number of rotatable bonds is 4. The van der Waals surface area contributed by atoms with E-state index in [0.717, 1.165) is 0 Å². The van der Waals surface area contributed by atoms with Crippen molar-refractivity contribution in [2.75, 3.05) is 20.3 Å². The van der Waals surface area contributed by atoms with Crippen molar-refractivity contribution in [3.63, 3.8) is 0 Å². The number of amides is 1. The third-order valence-electron chi connectivity index (χ3n) is 2.48. The van der Waals surface area contributed by atoms with Crippen LogP contribution in [0.3, 0.4) is 0 Å². The van der Waals surface area contributed by atoms with Crippen LogP contribution in [0, 0.1) is 5.92 Å². The van der Waals surface area contributed by atoms with Gasteiger partial charge in [-0.2, -0.15) is 0 Å². The lowest BCUT2D eigenvalue weighted by Gasteiger charge is -2.11. The molecule has 0 radical (unpaired) electrons. The van der Waals surface area contributed by atoms with Crippen LogP contribution in [0.2, 0.25) is 0 Å². The Bertz CT molecular complexity index is 272. The summed E-state index contributed by atoms with van der Waals surface area (Å²) in [6.07, 6.45) is 0.819. The summed E-state index contributed by atoms with van der Waals surface area (Å²) in [5.41, 5.74) is 0. The van der Waals surface area contributed by atoms with Crippen LogP contribution in [0.5, 0.6) is 0 Å². The van der Waals surface area contributed by atoms with Crippen LogP contribution in [0.4, 0.5) is 0 Å². The number of carbonyl (C=O) groups excluding carboxylic acids is 2. The lowest BCUT2D eigenvalue weighted by Crippen LogP contribution is -2.37. The number of halogens is 1. The quantitative estimate of drug-likeness (QED) is 0.575. The van der Waals surface area contributed by atoms with Gasteiger partial charge in [0.05, 0.1) is 25.7 Å². The smallest absolute Gasteiger partial charge is 0.325 e. The molecule has 0 aromatic rings. The second-order valence-corrected chi connectivity index (χ2v) is 4.34. The molecule has 1 rings (SSSR count). The largest absolute Gasteiger partial charge is 0.468 e. The summed E-state index contributed by atoms with van der Waals surface area (Å²) in [6.45, 7) is 2.43. The molecular formula is C10H16ClNO4. The van der Waals surface area contributed by atoms with E-state index in [-0.39, 0.29) is 24.5 Å². The Morgan fingerprint density at radius 1 is 1.62 bits per heavy atom. The van der Waals surface area contributed by atoms with Gasteiger partial charge in [0.1, 0.15) is 5.38 Å². The van der Waals surface area contributed by atoms with E-state index in [9.17, 15) is 9.59 Å². The molecule has 0 spiro atoms. The van der Waals surface area contributed by atoms with Crippen molar-refractivity contribution in [1.29, 1.82) is 0 Å². The first-order valence-electron chi connectivity index (χ1n) is 5.15. The lowest BCUT2D eigenvalue weighted by atomic mass is 10.1. The molecule has 3 unspecified atom stereocenters. The van der Waals surface area contributed by atoms with E-state index < -0.39 is 11.3 Å². The average molecular weight is 250 g/mol. The molecular weight excluding hydrogens is 234 g/mol.